The number of carbonyl (C=O) groups is 1. The summed E-state index contributed by atoms with van der Waals surface area (Å²) in [4.78, 5) is 16.2. The summed E-state index contributed by atoms with van der Waals surface area (Å²) in [5.74, 6) is 1.11. The molecule has 1 aromatic carbocycles. The number of carbonyl (C=O) groups excluding carboxylic acids is 1. The second-order valence-electron chi connectivity index (χ2n) is 6.11. The van der Waals surface area contributed by atoms with Gasteiger partial charge in [-0.15, -0.1) is 0 Å². The number of rotatable bonds is 4. The molecule has 0 unspecified atom stereocenters. The van der Waals surface area contributed by atoms with Gasteiger partial charge in [0.2, 0.25) is 5.91 Å². The van der Waals surface area contributed by atoms with Crippen molar-refractivity contribution in [2.24, 2.45) is 5.41 Å². The molecule has 0 bridgehead atoms. The number of pyridine rings is 1. The zero-order valence-electron chi connectivity index (χ0n) is 13.6. The van der Waals surface area contributed by atoms with Gasteiger partial charge < -0.3 is 15.4 Å². The molecular weight excluding hydrogens is 314 g/mol. The Hall–Kier alpha value is -2.27. The third kappa shape index (κ3) is 4.60. The largest absolute Gasteiger partial charge is 0.495 e. The molecule has 1 heterocycles. The van der Waals surface area contributed by atoms with Crippen LogP contribution in [0.2, 0.25) is 5.02 Å². The van der Waals surface area contributed by atoms with Crippen LogP contribution in [0.4, 0.5) is 17.2 Å². The van der Waals surface area contributed by atoms with Crippen molar-refractivity contribution in [1.82, 2.24) is 4.98 Å². The molecule has 0 spiro atoms. The highest BCUT2D eigenvalue weighted by atomic mass is 35.5. The maximum atomic E-state index is 11.9. The number of nitrogens with one attached hydrogen (secondary N) is 2. The second kappa shape index (κ2) is 6.87. The molecule has 0 aliphatic carbocycles. The Morgan fingerprint density at radius 3 is 2.52 bits per heavy atom. The van der Waals surface area contributed by atoms with E-state index in [4.69, 9.17) is 16.3 Å². The van der Waals surface area contributed by atoms with Gasteiger partial charge in [-0.05, 0) is 30.3 Å². The van der Waals surface area contributed by atoms with E-state index in [1.54, 1.807) is 37.6 Å². The van der Waals surface area contributed by atoms with Crippen molar-refractivity contribution in [1.29, 1.82) is 0 Å². The summed E-state index contributed by atoms with van der Waals surface area (Å²) in [5.41, 5.74) is 1.04. The third-order valence-electron chi connectivity index (χ3n) is 3.13. The van der Waals surface area contributed by atoms with E-state index in [1.807, 2.05) is 26.8 Å². The minimum Gasteiger partial charge on any atom is -0.495 e. The minimum atomic E-state index is -0.466. The van der Waals surface area contributed by atoms with Crippen molar-refractivity contribution in [3.63, 3.8) is 0 Å². The monoisotopic (exact) mass is 333 g/mol. The number of anilines is 3. The van der Waals surface area contributed by atoms with E-state index in [0.717, 1.165) is 11.4 Å². The standard InChI is InChI=1S/C17H20ClN3O2/c1-17(2,3)16(22)21-15-8-6-12(10-19-15)20-13-9-11(18)5-7-14(13)23-4/h5-10,20H,1-4H3,(H,19,21,22). The van der Waals surface area contributed by atoms with Crippen LogP contribution in [0.1, 0.15) is 20.8 Å². The molecule has 0 aliphatic rings. The fourth-order valence-electron chi connectivity index (χ4n) is 1.78. The molecule has 6 heteroatoms. The third-order valence-corrected chi connectivity index (χ3v) is 3.36. The van der Waals surface area contributed by atoms with Gasteiger partial charge in [0.1, 0.15) is 11.6 Å². The van der Waals surface area contributed by atoms with Crippen LogP contribution in [0.15, 0.2) is 36.5 Å². The van der Waals surface area contributed by atoms with Crippen LogP contribution in [0.5, 0.6) is 5.75 Å². The van der Waals surface area contributed by atoms with E-state index in [1.165, 1.54) is 0 Å². The molecule has 2 aromatic rings. The van der Waals surface area contributed by atoms with Gasteiger partial charge in [-0.2, -0.15) is 0 Å². The Balaban J connectivity index is 2.12. The first-order valence-corrected chi connectivity index (χ1v) is 7.55. The molecule has 0 aliphatic heterocycles. The van der Waals surface area contributed by atoms with Gasteiger partial charge in [0.25, 0.3) is 0 Å². The first-order valence-electron chi connectivity index (χ1n) is 7.17. The maximum Gasteiger partial charge on any atom is 0.230 e. The Bertz CT molecular complexity index is 694. The lowest BCUT2D eigenvalue weighted by Gasteiger charge is -2.17. The molecule has 5 nitrogen and oxygen atoms in total. The topological polar surface area (TPSA) is 63.2 Å². The predicted octanol–water partition coefficient (Wildman–Crippen LogP) is 4.47. The summed E-state index contributed by atoms with van der Waals surface area (Å²) in [6.45, 7) is 5.55. The summed E-state index contributed by atoms with van der Waals surface area (Å²) >= 11 is 6.01. The van der Waals surface area contributed by atoms with Gasteiger partial charge in [-0.1, -0.05) is 32.4 Å². The summed E-state index contributed by atoms with van der Waals surface area (Å²) in [6.07, 6.45) is 1.64. The molecule has 0 saturated carbocycles. The van der Waals surface area contributed by atoms with E-state index >= 15 is 0 Å². The van der Waals surface area contributed by atoms with E-state index in [-0.39, 0.29) is 5.91 Å². The lowest BCUT2D eigenvalue weighted by Crippen LogP contribution is -2.27. The summed E-state index contributed by atoms with van der Waals surface area (Å²) in [7, 11) is 1.60. The van der Waals surface area contributed by atoms with Crippen molar-refractivity contribution >= 4 is 34.7 Å². The lowest BCUT2D eigenvalue weighted by atomic mass is 9.96. The number of halogens is 1. The van der Waals surface area contributed by atoms with Crippen LogP contribution in [0.3, 0.4) is 0 Å². The highest BCUT2D eigenvalue weighted by Gasteiger charge is 2.21. The van der Waals surface area contributed by atoms with Gasteiger partial charge >= 0.3 is 0 Å². The quantitative estimate of drug-likeness (QED) is 0.866. The van der Waals surface area contributed by atoms with Crippen molar-refractivity contribution in [2.75, 3.05) is 17.7 Å². The molecule has 1 amide bonds. The van der Waals surface area contributed by atoms with Crippen molar-refractivity contribution in [3.8, 4) is 5.75 Å². The van der Waals surface area contributed by atoms with Crippen LogP contribution in [-0.2, 0) is 4.79 Å². The zero-order chi connectivity index (χ0) is 17.0. The number of nitrogens with zero attached hydrogens (tertiary/aromatic N) is 1. The number of ether oxygens (including phenoxy) is 1. The average molecular weight is 334 g/mol. The van der Waals surface area contributed by atoms with Crippen LogP contribution in [-0.4, -0.2) is 18.0 Å². The molecule has 2 rings (SSSR count). The molecule has 0 atom stereocenters. The summed E-state index contributed by atoms with van der Waals surface area (Å²) < 4.78 is 5.29. The molecule has 122 valence electrons. The number of hydrogen-bond donors (Lipinski definition) is 2. The molecule has 1 aromatic heterocycles. The van der Waals surface area contributed by atoms with Crippen LogP contribution in [0, 0.1) is 5.41 Å². The number of amides is 1. The first-order chi connectivity index (χ1) is 10.8. The minimum absolute atomic E-state index is 0.0813. The first kappa shape index (κ1) is 17.1. The molecular formula is C17H20ClN3O2. The Labute approximate surface area is 141 Å². The normalized spacial score (nSPS) is 11.0. The summed E-state index contributed by atoms with van der Waals surface area (Å²) in [5, 5.41) is 6.58. The van der Waals surface area contributed by atoms with Gasteiger partial charge in [0.15, 0.2) is 0 Å². The lowest BCUT2D eigenvalue weighted by molar-refractivity contribution is -0.123. The number of aromatic nitrogens is 1. The molecule has 2 N–H and O–H groups in total. The second-order valence-corrected chi connectivity index (χ2v) is 6.54. The van der Waals surface area contributed by atoms with Gasteiger partial charge in [-0.3, -0.25) is 4.79 Å². The van der Waals surface area contributed by atoms with Gasteiger partial charge in [-0.25, -0.2) is 4.98 Å². The summed E-state index contributed by atoms with van der Waals surface area (Å²) in [6, 6.07) is 8.88. The molecule has 0 saturated heterocycles. The molecule has 0 radical (unpaired) electrons. The van der Waals surface area contributed by atoms with Gasteiger partial charge in [0, 0.05) is 10.4 Å². The Kier molecular flexibility index (Phi) is 5.11. The van der Waals surface area contributed by atoms with Crippen LogP contribution in [0.25, 0.3) is 0 Å². The van der Waals surface area contributed by atoms with Crippen molar-refractivity contribution in [2.45, 2.75) is 20.8 Å². The zero-order valence-corrected chi connectivity index (χ0v) is 14.4. The van der Waals surface area contributed by atoms with Gasteiger partial charge in [0.05, 0.1) is 24.7 Å². The Morgan fingerprint density at radius 1 is 1.22 bits per heavy atom. The SMILES string of the molecule is COc1ccc(Cl)cc1Nc1ccc(NC(=O)C(C)(C)C)nc1. The fourth-order valence-corrected chi connectivity index (χ4v) is 1.95. The maximum absolute atomic E-state index is 11.9. The molecule has 0 fully saturated rings. The van der Waals surface area contributed by atoms with Crippen LogP contribution < -0.4 is 15.4 Å². The predicted molar refractivity (Wildman–Crippen MR) is 93.6 cm³/mol. The Morgan fingerprint density at radius 2 is 1.96 bits per heavy atom. The highest BCUT2D eigenvalue weighted by molar-refractivity contribution is 6.31. The number of benzene rings is 1. The highest BCUT2D eigenvalue weighted by Crippen LogP contribution is 2.30. The smallest absolute Gasteiger partial charge is 0.230 e. The molecule has 23 heavy (non-hydrogen) atoms. The van der Waals surface area contributed by atoms with Crippen molar-refractivity contribution < 1.29 is 9.53 Å². The number of methoxy groups -OCH3 is 1. The fraction of sp³-hybridized carbons (Fsp3) is 0.294. The van der Waals surface area contributed by atoms with Crippen LogP contribution >= 0.6 is 11.6 Å². The van der Waals surface area contributed by atoms with E-state index in [0.29, 0.717) is 16.6 Å². The van der Waals surface area contributed by atoms with E-state index < -0.39 is 5.41 Å². The number of hydrogen-bond acceptors (Lipinski definition) is 4. The van der Waals surface area contributed by atoms with E-state index in [9.17, 15) is 4.79 Å². The van der Waals surface area contributed by atoms with E-state index in [2.05, 4.69) is 15.6 Å². The van der Waals surface area contributed by atoms with Crippen molar-refractivity contribution in [3.05, 3.63) is 41.6 Å². The average Bonchev–Trinajstić information content (AvgIpc) is 2.48.